The van der Waals surface area contributed by atoms with Crippen molar-refractivity contribution in [3.8, 4) is 0 Å². The van der Waals surface area contributed by atoms with Crippen LogP contribution in [0.4, 0.5) is 0 Å². The first kappa shape index (κ1) is 7.44. The standard InChI is InChI=1S/C5H13BrN/c1-7(2,3)5-4-6/h4-5H2,1-3H3/q+1. The second kappa shape index (κ2) is 2.68. The highest BCUT2D eigenvalue weighted by molar-refractivity contribution is 9.09. The van der Waals surface area contributed by atoms with Gasteiger partial charge in [0.2, 0.25) is 0 Å². The lowest BCUT2D eigenvalue weighted by atomic mass is 10.6. The van der Waals surface area contributed by atoms with Crippen molar-refractivity contribution >= 4 is 15.9 Å². The molecule has 0 bridgehead atoms. The van der Waals surface area contributed by atoms with Crippen molar-refractivity contribution in [3.05, 3.63) is 0 Å². The van der Waals surface area contributed by atoms with Gasteiger partial charge in [-0.15, -0.1) is 0 Å². The van der Waals surface area contributed by atoms with E-state index in [4.69, 9.17) is 0 Å². The third-order valence-electron chi connectivity index (χ3n) is 0.755. The highest BCUT2D eigenvalue weighted by Crippen LogP contribution is 1.90. The van der Waals surface area contributed by atoms with Gasteiger partial charge in [-0.05, 0) is 0 Å². The van der Waals surface area contributed by atoms with Gasteiger partial charge in [0, 0.05) is 0 Å². The first-order chi connectivity index (χ1) is 3.06. The number of rotatable bonds is 2. The fourth-order valence-corrected chi connectivity index (χ4v) is 1.32. The Morgan fingerprint density at radius 2 is 1.71 bits per heavy atom. The van der Waals surface area contributed by atoms with Crippen molar-refractivity contribution in [3.63, 3.8) is 0 Å². The molecule has 0 atom stereocenters. The molecule has 0 aliphatic carbocycles. The van der Waals surface area contributed by atoms with Gasteiger partial charge >= 0.3 is 0 Å². The van der Waals surface area contributed by atoms with Crippen LogP contribution in [0.3, 0.4) is 0 Å². The van der Waals surface area contributed by atoms with Crippen LogP contribution in [0.15, 0.2) is 0 Å². The molecule has 0 aromatic rings. The zero-order valence-corrected chi connectivity index (χ0v) is 6.83. The first-order valence-electron chi connectivity index (χ1n) is 2.43. The maximum Gasteiger partial charge on any atom is 0.0878 e. The summed E-state index contributed by atoms with van der Waals surface area (Å²) < 4.78 is 1.05. The van der Waals surface area contributed by atoms with E-state index in [-0.39, 0.29) is 0 Å². The van der Waals surface area contributed by atoms with Crippen LogP contribution in [0.5, 0.6) is 0 Å². The summed E-state index contributed by atoms with van der Waals surface area (Å²) in [6.07, 6.45) is 0. The lowest BCUT2D eigenvalue weighted by molar-refractivity contribution is -0.867. The summed E-state index contributed by atoms with van der Waals surface area (Å²) in [4.78, 5) is 0. The van der Waals surface area contributed by atoms with E-state index in [0.29, 0.717) is 0 Å². The number of hydrogen-bond acceptors (Lipinski definition) is 0. The second-order valence-corrected chi connectivity index (χ2v) is 3.50. The SMILES string of the molecule is C[N+](C)(C)CCBr. The summed E-state index contributed by atoms with van der Waals surface area (Å²) in [5.41, 5.74) is 0. The van der Waals surface area contributed by atoms with Crippen molar-refractivity contribution in [2.45, 2.75) is 0 Å². The van der Waals surface area contributed by atoms with Crippen molar-refractivity contribution in [1.82, 2.24) is 0 Å². The van der Waals surface area contributed by atoms with Crippen molar-refractivity contribution < 1.29 is 4.48 Å². The third-order valence-corrected chi connectivity index (χ3v) is 1.11. The Morgan fingerprint density at radius 1 is 1.29 bits per heavy atom. The molecule has 0 aromatic carbocycles. The molecule has 0 heterocycles. The zero-order chi connectivity index (χ0) is 5.91. The van der Waals surface area contributed by atoms with Gasteiger partial charge in [-0.1, -0.05) is 15.9 Å². The molecular weight excluding hydrogens is 154 g/mol. The number of halogens is 1. The van der Waals surface area contributed by atoms with Crippen LogP contribution in [0.1, 0.15) is 0 Å². The summed E-state index contributed by atoms with van der Waals surface area (Å²) >= 11 is 3.37. The molecule has 2 heteroatoms. The van der Waals surface area contributed by atoms with Gasteiger partial charge in [0.15, 0.2) is 0 Å². The Kier molecular flexibility index (Phi) is 2.84. The Hall–Kier alpha value is 0.440. The Morgan fingerprint density at radius 3 is 1.71 bits per heavy atom. The molecule has 0 rings (SSSR count). The summed E-state index contributed by atoms with van der Waals surface area (Å²) in [5.74, 6) is 0. The molecule has 1 nitrogen and oxygen atoms in total. The van der Waals surface area contributed by atoms with Crippen molar-refractivity contribution in [2.75, 3.05) is 33.0 Å². The van der Waals surface area contributed by atoms with Crippen LogP contribution in [0.2, 0.25) is 0 Å². The third kappa shape index (κ3) is 6.44. The fourth-order valence-electron chi connectivity index (χ4n) is 0.254. The quantitative estimate of drug-likeness (QED) is 0.426. The molecule has 0 saturated carbocycles. The number of quaternary nitrogens is 1. The van der Waals surface area contributed by atoms with Gasteiger partial charge in [-0.2, -0.15) is 0 Å². The van der Waals surface area contributed by atoms with Crippen LogP contribution in [0.25, 0.3) is 0 Å². The fraction of sp³-hybridized carbons (Fsp3) is 1.00. The number of alkyl halides is 1. The Labute approximate surface area is 54.0 Å². The summed E-state index contributed by atoms with van der Waals surface area (Å²) in [7, 11) is 6.55. The van der Waals surface area contributed by atoms with Crippen LogP contribution < -0.4 is 0 Å². The van der Waals surface area contributed by atoms with E-state index in [1.54, 1.807) is 0 Å². The van der Waals surface area contributed by atoms with E-state index in [1.807, 2.05) is 0 Å². The van der Waals surface area contributed by atoms with E-state index >= 15 is 0 Å². The molecule has 0 N–H and O–H groups in total. The predicted octanol–water partition coefficient (Wildman–Crippen LogP) is 1.09. The highest BCUT2D eigenvalue weighted by atomic mass is 79.9. The smallest absolute Gasteiger partial charge is 0.0878 e. The minimum absolute atomic E-state index is 1.05. The minimum atomic E-state index is 1.05. The molecule has 0 aromatic heterocycles. The molecule has 0 saturated heterocycles. The van der Waals surface area contributed by atoms with Crippen molar-refractivity contribution in [2.24, 2.45) is 0 Å². The number of hydrogen-bond donors (Lipinski definition) is 0. The summed E-state index contributed by atoms with van der Waals surface area (Å²) in [6.45, 7) is 1.19. The normalized spacial score (nSPS) is 12.0. The topological polar surface area (TPSA) is 0 Å². The average molecular weight is 167 g/mol. The highest BCUT2D eigenvalue weighted by Gasteiger charge is 2.02. The molecule has 0 fully saturated rings. The minimum Gasteiger partial charge on any atom is -0.330 e. The van der Waals surface area contributed by atoms with E-state index in [9.17, 15) is 0 Å². The van der Waals surface area contributed by atoms with Crippen LogP contribution in [-0.2, 0) is 0 Å². The monoisotopic (exact) mass is 166 g/mol. The molecule has 0 aliphatic rings. The molecule has 0 spiro atoms. The molecule has 0 radical (unpaired) electrons. The van der Waals surface area contributed by atoms with Gasteiger partial charge in [0.1, 0.15) is 0 Å². The average Bonchev–Trinajstić information content (AvgIpc) is 1.30. The van der Waals surface area contributed by atoms with Crippen molar-refractivity contribution in [1.29, 1.82) is 0 Å². The predicted molar refractivity (Wildman–Crippen MR) is 36.7 cm³/mol. The Balaban J connectivity index is 3.15. The van der Waals surface area contributed by atoms with Crippen LogP contribution in [0, 0.1) is 0 Å². The molecular formula is C5H13BrN+. The van der Waals surface area contributed by atoms with Gasteiger partial charge in [-0.25, -0.2) is 0 Å². The lowest BCUT2D eigenvalue weighted by Gasteiger charge is -2.21. The molecule has 7 heavy (non-hydrogen) atoms. The first-order valence-corrected chi connectivity index (χ1v) is 3.55. The van der Waals surface area contributed by atoms with Crippen LogP contribution in [-0.4, -0.2) is 37.5 Å². The number of nitrogens with zero attached hydrogens (tertiary/aromatic N) is 1. The van der Waals surface area contributed by atoms with Gasteiger partial charge in [-0.3, -0.25) is 0 Å². The van der Waals surface area contributed by atoms with E-state index in [2.05, 4.69) is 37.1 Å². The molecule has 0 amide bonds. The van der Waals surface area contributed by atoms with E-state index in [0.717, 1.165) is 9.81 Å². The summed E-state index contributed by atoms with van der Waals surface area (Å²) in [6, 6.07) is 0. The molecule has 0 aliphatic heterocycles. The van der Waals surface area contributed by atoms with Gasteiger partial charge < -0.3 is 4.48 Å². The zero-order valence-electron chi connectivity index (χ0n) is 5.24. The maximum atomic E-state index is 3.37. The van der Waals surface area contributed by atoms with Gasteiger partial charge in [0.05, 0.1) is 33.0 Å². The largest absolute Gasteiger partial charge is 0.330 e. The molecule has 0 unspecified atom stereocenters. The second-order valence-electron chi connectivity index (χ2n) is 2.70. The van der Waals surface area contributed by atoms with Gasteiger partial charge in [0.25, 0.3) is 0 Å². The Bertz CT molecular complexity index is 46.5. The lowest BCUT2D eigenvalue weighted by Crippen LogP contribution is -2.35. The molecule has 44 valence electrons. The van der Waals surface area contributed by atoms with Crippen LogP contribution >= 0.6 is 15.9 Å². The summed E-state index contributed by atoms with van der Waals surface area (Å²) in [5, 5.41) is 1.09. The van der Waals surface area contributed by atoms with E-state index < -0.39 is 0 Å². The van der Waals surface area contributed by atoms with E-state index in [1.165, 1.54) is 6.54 Å². The maximum absolute atomic E-state index is 3.37.